The summed E-state index contributed by atoms with van der Waals surface area (Å²) in [6.07, 6.45) is 1.52. The lowest BCUT2D eigenvalue weighted by Crippen LogP contribution is -2.28. The Labute approximate surface area is 110 Å². The Kier molecular flexibility index (Phi) is 3.77. The molecule has 0 bridgehead atoms. The fourth-order valence-electron chi connectivity index (χ4n) is 1.85. The summed E-state index contributed by atoms with van der Waals surface area (Å²) >= 11 is 1.51. The third-order valence-electron chi connectivity index (χ3n) is 2.44. The Morgan fingerprint density at radius 2 is 2.22 bits per heavy atom. The minimum atomic E-state index is 0.0359. The Balaban J connectivity index is 1.99. The highest BCUT2D eigenvalue weighted by molar-refractivity contribution is 7.07. The lowest BCUT2D eigenvalue weighted by Gasteiger charge is -2.21. The molecule has 6 heteroatoms. The highest BCUT2D eigenvalue weighted by Gasteiger charge is 2.19. The summed E-state index contributed by atoms with van der Waals surface area (Å²) in [5.74, 6) is 1.11. The average molecular weight is 266 g/mol. The van der Waals surface area contributed by atoms with Gasteiger partial charge in [-0.15, -0.1) is 11.3 Å². The molecule has 0 aliphatic heterocycles. The van der Waals surface area contributed by atoms with Crippen molar-refractivity contribution in [2.75, 3.05) is 0 Å². The first kappa shape index (κ1) is 13.2. The molecule has 2 N–H and O–H groups in total. The largest absolute Gasteiger partial charge is 0.339 e. The number of nitrogens with zero attached hydrogens (tertiary/aromatic N) is 3. The molecule has 0 spiro atoms. The van der Waals surface area contributed by atoms with E-state index in [9.17, 15) is 0 Å². The van der Waals surface area contributed by atoms with E-state index in [0.717, 1.165) is 12.1 Å². The summed E-state index contributed by atoms with van der Waals surface area (Å²) in [5, 5.41) is 5.80. The van der Waals surface area contributed by atoms with Crippen LogP contribution in [0.2, 0.25) is 0 Å². The quantitative estimate of drug-likeness (QED) is 0.920. The molecule has 2 heterocycles. The molecule has 1 atom stereocenters. The maximum Gasteiger partial charge on any atom is 0.228 e. The second-order valence-corrected chi connectivity index (χ2v) is 6.33. The Hall–Kier alpha value is -1.27. The van der Waals surface area contributed by atoms with Crippen molar-refractivity contribution in [3.63, 3.8) is 0 Å². The Morgan fingerprint density at radius 1 is 1.44 bits per heavy atom. The summed E-state index contributed by atoms with van der Waals surface area (Å²) in [6, 6.07) is 0.0359. The van der Waals surface area contributed by atoms with Gasteiger partial charge in [-0.3, -0.25) is 0 Å². The van der Waals surface area contributed by atoms with Gasteiger partial charge in [-0.25, -0.2) is 4.98 Å². The van der Waals surface area contributed by atoms with Gasteiger partial charge in [-0.2, -0.15) is 4.98 Å². The zero-order valence-electron chi connectivity index (χ0n) is 10.9. The van der Waals surface area contributed by atoms with Gasteiger partial charge in [0.25, 0.3) is 0 Å². The predicted octanol–water partition coefficient (Wildman–Crippen LogP) is 2.50. The Bertz CT molecular complexity index is 486. The van der Waals surface area contributed by atoms with Crippen LogP contribution in [0, 0.1) is 5.41 Å². The first-order valence-electron chi connectivity index (χ1n) is 5.91. The number of hydrogen-bond acceptors (Lipinski definition) is 6. The normalized spacial score (nSPS) is 13.8. The highest BCUT2D eigenvalue weighted by Crippen LogP contribution is 2.22. The molecule has 2 rings (SSSR count). The van der Waals surface area contributed by atoms with Crippen LogP contribution in [0.3, 0.4) is 0 Å². The summed E-state index contributed by atoms with van der Waals surface area (Å²) in [5.41, 5.74) is 8.78. The van der Waals surface area contributed by atoms with Crippen LogP contribution < -0.4 is 5.73 Å². The molecule has 2 aromatic heterocycles. The molecule has 0 radical (unpaired) electrons. The molecule has 18 heavy (non-hydrogen) atoms. The van der Waals surface area contributed by atoms with Gasteiger partial charge in [0.05, 0.1) is 5.51 Å². The van der Waals surface area contributed by atoms with Crippen LogP contribution in [0.1, 0.15) is 33.1 Å². The molecule has 5 nitrogen and oxygen atoms in total. The number of rotatable bonds is 4. The highest BCUT2D eigenvalue weighted by atomic mass is 32.1. The summed E-state index contributed by atoms with van der Waals surface area (Å²) in [7, 11) is 0. The van der Waals surface area contributed by atoms with Crippen LogP contribution in [0.4, 0.5) is 0 Å². The van der Waals surface area contributed by atoms with E-state index in [1.165, 1.54) is 11.3 Å². The van der Waals surface area contributed by atoms with Gasteiger partial charge in [0.15, 0.2) is 0 Å². The second-order valence-electron chi connectivity index (χ2n) is 5.61. The van der Waals surface area contributed by atoms with Crippen LogP contribution >= 0.6 is 11.3 Å². The van der Waals surface area contributed by atoms with Gasteiger partial charge in [0, 0.05) is 17.8 Å². The van der Waals surface area contributed by atoms with Gasteiger partial charge in [-0.1, -0.05) is 25.9 Å². The zero-order valence-corrected chi connectivity index (χ0v) is 11.7. The van der Waals surface area contributed by atoms with E-state index >= 15 is 0 Å². The number of aromatic nitrogens is 3. The minimum absolute atomic E-state index is 0.0359. The first-order chi connectivity index (χ1) is 8.44. The summed E-state index contributed by atoms with van der Waals surface area (Å²) in [4.78, 5) is 8.45. The van der Waals surface area contributed by atoms with Gasteiger partial charge in [0.1, 0.15) is 5.69 Å². The van der Waals surface area contributed by atoms with Crippen molar-refractivity contribution in [1.29, 1.82) is 0 Å². The van der Waals surface area contributed by atoms with Crippen molar-refractivity contribution in [3.05, 3.63) is 16.8 Å². The van der Waals surface area contributed by atoms with Crippen molar-refractivity contribution in [2.45, 2.75) is 39.7 Å². The first-order valence-corrected chi connectivity index (χ1v) is 6.85. The molecule has 0 fully saturated rings. The molecule has 0 aliphatic rings. The third-order valence-corrected chi connectivity index (χ3v) is 3.03. The van der Waals surface area contributed by atoms with Crippen LogP contribution in [0.25, 0.3) is 11.5 Å². The van der Waals surface area contributed by atoms with E-state index in [1.54, 1.807) is 5.51 Å². The van der Waals surface area contributed by atoms with E-state index < -0.39 is 0 Å². The topological polar surface area (TPSA) is 77.8 Å². The second kappa shape index (κ2) is 5.16. The molecule has 2 aromatic rings. The lowest BCUT2D eigenvalue weighted by molar-refractivity contribution is 0.313. The van der Waals surface area contributed by atoms with Crippen LogP contribution in [-0.4, -0.2) is 21.2 Å². The van der Waals surface area contributed by atoms with E-state index in [4.69, 9.17) is 10.3 Å². The third kappa shape index (κ3) is 3.61. The average Bonchev–Trinajstić information content (AvgIpc) is 2.82. The molecule has 0 aliphatic carbocycles. The van der Waals surface area contributed by atoms with Crippen LogP contribution in [0.5, 0.6) is 0 Å². The van der Waals surface area contributed by atoms with Gasteiger partial charge in [-0.05, 0) is 11.8 Å². The van der Waals surface area contributed by atoms with Gasteiger partial charge in [0.2, 0.25) is 11.7 Å². The molecule has 98 valence electrons. The van der Waals surface area contributed by atoms with Gasteiger partial charge < -0.3 is 10.3 Å². The van der Waals surface area contributed by atoms with Gasteiger partial charge >= 0.3 is 0 Å². The number of hydrogen-bond donors (Lipinski definition) is 1. The SMILES string of the molecule is CC(C)(C)CC(N)Cc1nc(-c2cscn2)no1. The molecule has 0 saturated carbocycles. The molecule has 0 saturated heterocycles. The van der Waals surface area contributed by atoms with Crippen molar-refractivity contribution in [1.82, 2.24) is 15.1 Å². The fraction of sp³-hybridized carbons (Fsp3) is 0.583. The molecule has 1 unspecified atom stereocenters. The monoisotopic (exact) mass is 266 g/mol. The summed E-state index contributed by atoms with van der Waals surface area (Å²) in [6.45, 7) is 6.50. The number of nitrogens with two attached hydrogens (primary N) is 1. The molecular weight excluding hydrogens is 248 g/mol. The summed E-state index contributed by atoms with van der Waals surface area (Å²) < 4.78 is 5.20. The molecular formula is C12H18N4OS. The van der Waals surface area contributed by atoms with E-state index in [2.05, 4.69) is 35.9 Å². The van der Waals surface area contributed by atoms with Crippen molar-refractivity contribution in [2.24, 2.45) is 11.1 Å². The van der Waals surface area contributed by atoms with Crippen molar-refractivity contribution >= 4 is 11.3 Å². The van der Waals surface area contributed by atoms with Crippen molar-refractivity contribution in [3.8, 4) is 11.5 Å². The van der Waals surface area contributed by atoms with Crippen molar-refractivity contribution < 1.29 is 4.52 Å². The predicted molar refractivity (Wildman–Crippen MR) is 71.2 cm³/mol. The van der Waals surface area contributed by atoms with E-state index in [-0.39, 0.29) is 11.5 Å². The van der Waals surface area contributed by atoms with E-state index in [1.807, 2.05) is 5.38 Å². The standard InChI is InChI=1S/C12H18N4OS/c1-12(2,3)5-8(13)4-10-15-11(16-17-10)9-6-18-7-14-9/h6-8H,4-5,13H2,1-3H3. The molecule has 0 aromatic carbocycles. The van der Waals surface area contributed by atoms with Crippen LogP contribution in [-0.2, 0) is 6.42 Å². The van der Waals surface area contributed by atoms with E-state index in [0.29, 0.717) is 18.1 Å². The van der Waals surface area contributed by atoms with Crippen LogP contribution in [0.15, 0.2) is 15.4 Å². The minimum Gasteiger partial charge on any atom is -0.339 e. The fourth-order valence-corrected chi connectivity index (χ4v) is 2.38. The lowest BCUT2D eigenvalue weighted by atomic mass is 9.87. The maximum atomic E-state index is 6.08. The maximum absolute atomic E-state index is 6.08. The Morgan fingerprint density at radius 3 is 2.83 bits per heavy atom. The molecule has 0 amide bonds. The number of thiazole rings is 1. The zero-order chi connectivity index (χ0) is 13.2. The smallest absolute Gasteiger partial charge is 0.228 e.